The maximum atomic E-state index is 8.28. The summed E-state index contributed by atoms with van der Waals surface area (Å²) in [4.78, 5) is 0. The van der Waals surface area contributed by atoms with Crippen LogP contribution in [0.1, 0.15) is 0 Å². The molecule has 0 spiro atoms. The molecule has 4 heavy (non-hydrogen) atoms. The molecule has 0 aromatic carbocycles. The number of hydrogen-bond donors (Lipinski definition) is 0. The quantitative estimate of drug-likeness (QED) is 0.606. The third-order valence-electron chi connectivity index (χ3n) is 0. The fourth-order valence-corrected chi connectivity index (χ4v) is 0. The van der Waals surface area contributed by atoms with Crippen LogP contribution in [0.25, 0.3) is 0 Å². The van der Waals surface area contributed by atoms with Gasteiger partial charge in [0.05, 0.1) is 0 Å². The average molecular weight is 348 g/mol. The molecule has 0 saturated heterocycles. The van der Waals surface area contributed by atoms with Gasteiger partial charge in [-0.1, -0.05) is 0 Å². The summed E-state index contributed by atoms with van der Waals surface area (Å²) < 4.78 is 16.5. The molecular weight excluding hydrogens is 348 g/mol. The first-order chi connectivity index (χ1) is 2.00. The molecule has 0 radical (unpaired) electrons. The van der Waals surface area contributed by atoms with Crippen molar-refractivity contribution >= 4 is 0 Å². The summed E-state index contributed by atoms with van der Waals surface area (Å²) in [6.07, 6.45) is 0. The van der Waals surface area contributed by atoms with E-state index in [9.17, 15) is 0 Å². The van der Waals surface area contributed by atoms with Crippen LogP contribution in [0.15, 0.2) is 0 Å². The van der Waals surface area contributed by atoms with Gasteiger partial charge < -0.3 is 0 Å². The molecule has 0 amide bonds. The third-order valence-corrected chi connectivity index (χ3v) is 0. The van der Waals surface area contributed by atoms with Crippen molar-refractivity contribution in [1.29, 1.82) is 0 Å². The molecule has 0 N–H and O–H groups in total. The summed E-state index contributed by atoms with van der Waals surface area (Å²) in [5.41, 5.74) is 0. The van der Waals surface area contributed by atoms with E-state index in [4.69, 9.17) is 2.49 Å². The van der Waals surface area contributed by atoms with E-state index in [1.165, 1.54) is 0 Å². The summed E-state index contributed by atoms with van der Waals surface area (Å²) in [7, 11) is 0. The SMILES string of the molecule is [O]=[Gd].[O]=[Tb]. The Balaban J connectivity index is 0. The van der Waals surface area contributed by atoms with E-state index in [0.717, 1.165) is 36.7 Å². The second-order valence-electron chi connectivity index (χ2n) is 0. The van der Waals surface area contributed by atoms with Crippen LogP contribution in [0.2, 0.25) is 0 Å². The first kappa shape index (κ1) is 9.51. The van der Waals surface area contributed by atoms with Crippen molar-refractivity contribution in [1.82, 2.24) is 0 Å². The van der Waals surface area contributed by atoms with Crippen molar-refractivity contribution in [3.8, 4) is 0 Å². The molecule has 0 rings (SSSR count). The molecule has 0 aliphatic rings. The summed E-state index contributed by atoms with van der Waals surface area (Å²) in [5, 5.41) is 0. The summed E-state index contributed by atoms with van der Waals surface area (Å²) in [5.74, 6) is 0. The van der Waals surface area contributed by atoms with E-state index in [1.807, 2.05) is 0 Å². The minimum atomic E-state index is 0.611. The zero-order valence-electron chi connectivity index (χ0n) is 1.50. The van der Waals surface area contributed by atoms with E-state index in [2.05, 4.69) is 0 Å². The van der Waals surface area contributed by atoms with Crippen LogP contribution in [0.4, 0.5) is 0 Å². The van der Waals surface area contributed by atoms with Gasteiger partial charge in [0.1, 0.15) is 0 Å². The van der Waals surface area contributed by atoms with Gasteiger partial charge in [0.15, 0.2) is 0 Å². The first-order valence-corrected chi connectivity index (χ1v) is 2.08. The van der Waals surface area contributed by atoms with Crippen molar-refractivity contribution in [2.75, 3.05) is 0 Å². The summed E-state index contributed by atoms with van der Waals surface area (Å²) in [6.45, 7) is 0. The van der Waals surface area contributed by atoms with Crippen molar-refractivity contribution < 1.29 is 77.2 Å². The Morgan fingerprint density at radius 1 is 1.25 bits per heavy atom. The second kappa shape index (κ2) is 18.9. The Labute approximate surface area is 75.2 Å². The van der Waals surface area contributed by atoms with Crippen molar-refractivity contribution in [3.05, 3.63) is 0 Å². The standard InChI is InChI=1S/Gd.2O.Tb. The molecule has 4 heteroatoms. The van der Waals surface area contributed by atoms with Crippen LogP contribution >= 0.6 is 0 Å². The predicted molar refractivity (Wildman–Crippen MR) is 1.37 cm³/mol. The van der Waals surface area contributed by atoms with Gasteiger partial charge in [-0.15, -0.1) is 0 Å². The summed E-state index contributed by atoms with van der Waals surface area (Å²) >= 11 is 1.36. The van der Waals surface area contributed by atoms with Crippen LogP contribution in [0, 0.1) is 74.7 Å². The predicted octanol–water partition coefficient (Wildman–Crippen LogP) is -0.238. The minimum absolute atomic E-state index is 0.611. The molecule has 0 aliphatic heterocycles. The first-order valence-electron chi connectivity index (χ1n) is 0.280. The van der Waals surface area contributed by atoms with Gasteiger partial charge in [-0.05, 0) is 0 Å². The fourth-order valence-electron chi connectivity index (χ4n) is 0. The Bertz CT molecular complexity index is 8.00. The number of rotatable bonds is 0. The molecule has 0 atom stereocenters. The van der Waals surface area contributed by atoms with E-state index in [1.54, 1.807) is 0 Å². The molecule has 0 fully saturated rings. The van der Waals surface area contributed by atoms with Gasteiger partial charge in [-0.2, -0.15) is 0 Å². The van der Waals surface area contributed by atoms with Gasteiger partial charge in [0.25, 0.3) is 0 Å². The van der Waals surface area contributed by atoms with Crippen molar-refractivity contribution in [3.63, 3.8) is 0 Å². The Morgan fingerprint density at radius 2 is 1.25 bits per heavy atom. The third kappa shape index (κ3) is 8.88. The summed E-state index contributed by atoms with van der Waals surface area (Å²) in [6, 6.07) is 0. The van der Waals surface area contributed by atoms with Gasteiger partial charge in [-0.3, -0.25) is 0 Å². The molecule has 2 nitrogen and oxygen atoms in total. The zero-order chi connectivity index (χ0) is 4.00. The zero-order valence-corrected chi connectivity index (χ0v) is 5.91. The number of hydrogen-bond acceptors (Lipinski definition) is 2. The molecule has 29 valence electrons. The molecule has 0 saturated carbocycles. The van der Waals surface area contributed by atoms with Crippen molar-refractivity contribution in [2.45, 2.75) is 0 Å². The van der Waals surface area contributed by atoms with E-state index in [0.29, 0.717) is 38.0 Å². The fraction of sp³-hybridized carbons (Fsp3) is 0. The average Bonchev–Trinajstić information content (AvgIpc) is 1.50. The maximum absolute atomic E-state index is 8.28. The molecule has 0 aliphatic carbocycles. The molecule has 0 unspecified atom stereocenters. The molecule has 0 bridgehead atoms. The Morgan fingerprint density at radius 3 is 1.25 bits per heavy atom. The Kier molecular flexibility index (Phi) is 45.0. The van der Waals surface area contributed by atoms with Crippen LogP contribution in [0.5, 0.6) is 0 Å². The molecule has 0 heterocycles. The molecule has 0 aromatic rings. The van der Waals surface area contributed by atoms with Crippen LogP contribution in [-0.4, -0.2) is 0 Å². The van der Waals surface area contributed by atoms with Crippen LogP contribution < -0.4 is 0 Å². The molecular formula is GdO2Tb. The normalized spacial score (nSPS) is 2.50. The van der Waals surface area contributed by atoms with Gasteiger partial charge in [0, 0.05) is 0 Å². The Hall–Kier alpha value is 2.21. The van der Waals surface area contributed by atoms with Crippen molar-refractivity contribution in [2.24, 2.45) is 0 Å². The van der Waals surface area contributed by atoms with Crippen LogP contribution in [-0.2, 0) is 2.49 Å². The monoisotopic (exact) mass is 349 g/mol. The van der Waals surface area contributed by atoms with Crippen LogP contribution in [0.3, 0.4) is 0 Å². The van der Waals surface area contributed by atoms with E-state index < -0.39 is 0 Å². The van der Waals surface area contributed by atoms with E-state index in [-0.39, 0.29) is 0 Å². The van der Waals surface area contributed by atoms with E-state index >= 15 is 0 Å². The van der Waals surface area contributed by atoms with Gasteiger partial charge >= 0.3 is 77.2 Å². The van der Waals surface area contributed by atoms with Gasteiger partial charge in [0.2, 0.25) is 0 Å². The topological polar surface area (TPSA) is 34.1 Å². The molecule has 0 aromatic heterocycles. The second-order valence-corrected chi connectivity index (χ2v) is 0. The van der Waals surface area contributed by atoms with Gasteiger partial charge in [-0.25, -0.2) is 0 Å².